The number of benzene rings is 1. The molecule has 0 unspecified atom stereocenters. The van der Waals surface area contributed by atoms with Gasteiger partial charge < -0.3 is 5.11 Å². The minimum atomic E-state index is -0.919. The summed E-state index contributed by atoms with van der Waals surface area (Å²) in [5.41, 5.74) is 4.16. The fourth-order valence-electron chi connectivity index (χ4n) is 2.46. The van der Waals surface area contributed by atoms with E-state index in [0.717, 1.165) is 35.6 Å². The number of anilines is 1. The van der Waals surface area contributed by atoms with Gasteiger partial charge >= 0.3 is 5.97 Å². The highest BCUT2D eigenvalue weighted by Crippen LogP contribution is 2.29. The zero-order valence-electron chi connectivity index (χ0n) is 11.6. The molecule has 0 amide bonds. The van der Waals surface area contributed by atoms with Crippen molar-refractivity contribution >= 4 is 11.7 Å². The van der Waals surface area contributed by atoms with Crippen LogP contribution in [0.2, 0.25) is 0 Å². The molecule has 0 spiro atoms. The number of pyridine rings is 1. The second kappa shape index (κ2) is 5.29. The lowest BCUT2D eigenvalue weighted by Gasteiger charge is -2.10. The zero-order chi connectivity index (χ0) is 14.8. The summed E-state index contributed by atoms with van der Waals surface area (Å²) in [7, 11) is 0. The molecule has 104 valence electrons. The molecule has 0 aliphatic carbocycles. The molecule has 4 heteroatoms. The van der Waals surface area contributed by atoms with Gasteiger partial charge in [-0.15, -0.1) is 0 Å². The monoisotopic (exact) mass is 278 g/mol. The van der Waals surface area contributed by atoms with E-state index in [1.54, 1.807) is 24.3 Å². The van der Waals surface area contributed by atoms with Gasteiger partial charge in [0.05, 0.1) is 22.6 Å². The number of carbonyl (C=O) groups is 1. The second-order valence-electron chi connectivity index (χ2n) is 4.81. The molecule has 2 heterocycles. The molecule has 1 aliphatic heterocycles. The third-order valence-electron chi connectivity index (χ3n) is 3.49. The number of carboxylic acids is 1. The Balaban J connectivity index is 1.94. The first-order chi connectivity index (χ1) is 10.2. The van der Waals surface area contributed by atoms with Gasteiger partial charge in [0.2, 0.25) is 0 Å². The second-order valence-corrected chi connectivity index (χ2v) is 4.81. The summed E-state index contributed by atoms with van der Waals surface area (Å²) in [5.74, 6) is 1.99. The van der Waals surface area contributed by atoms with E-state index in [1.807, 2.05) is 24.0 Å². The first-order valence-corrected chi connectivity index (χ1v) is 6.72. The van der Waals surface area contributed by atoms with Crippen LogP contribution in [0.25, 0.3) is 11.3 Å². The molecule has 0 atom stereocenters. The minimum Gasteiger partial charge on any atom is -0.478 e. The zero-order valence-corrected chi connectivity index (χ0v) is 11.6. The topological polar surface area (TPSA) is 53.4 Å². The molecule has 0 bridgehead atoms. The summed E-state index contributed by atoms with van der Waals surface area (Å²) < 4.78 is 0. The molecular weight excluding hydrogens is 264 g/mol. The fourth-order valence-corrected chi connectivity index (χ4v) is 2.46. The molecule has 0 saturated heterocycles. The van der Waals surface area contributed by atoms with Crippen LogP contribution in [0.5, 0.6) is 0 Å². The summed E-state index contributed by atoms with van der Waals surface area (Å²) >= 11 is 0. The van der Waals surface area contributed by atoms with Crippen LogP contribution >= 0.6 is 0 Å². The van der Waals surface area contributed by atoms with Crippen LogP contribution < -0.4 is 4.90 Å². The van der Waals surface area contributed by atoms with Crippen molar-refractivity contribution in [2.24, 2.45) is 0 Å². The number of rotatable bonds is 2. The normalized spacial score (nSPS) is 12.5. The van der Waals surface area contributed by atoms with Crippen molar-refractivity contribution in [1.29, 1.82) is 0 Å². The van der Waals surface area contributed by atoms with E-state index >= 15 is 0 Å². The van der Waals surface area contributed by atoms with Crippen LogP contribution in [0.1, 0.15) is 23.0 Å². The van der Waals surface area contributed by atoms with Crippen molar-refractivity contribution in [2.75, 3.05) is 11.4 Å². The van der Waals surface area contributed by atoms with Gasteiger partial charge in [-0.1, -0.05) is 18.1 Å². The Labute approximate surface area is 123 Å². The van der Waals surface area contributed by atoms with Crippen LogP contribution in [0.15, 0.2) is 36.4 Å². The Hall–Kier alpha value is -2.80. The molecule has 3 rings (SSSR count). The van der Waals surface area contributed by atoms with Gasteiger partial charge in [-0.05, 0) is 31.2 Å². The summed E-state index contributed by atoms with van der Waals surface area (Å²) in [6, 6.07) is 13.8. The lowest BCUT2D eigenvalue weighted by atomic mass is 10.1. The van der Waals surface area contributed by atoms with Gasteiger partial charge in [0, 0.05) is 24.6 Å². The summed E-state index contributed by atoms with van der Waals surface area (Å²) in [5, 5.41) is 8.92. The predicted molar refractivity (Wildman–Crippen MR) is 81.1 cm³/mol. The first kappa shape index (κ1) is 13.2. The highest BCUT2D eigenvalue weighted by molar-refractivity contribution is 5.88. The molecule has 1 aliphatic rings. The SMILES string of the molecule is CC#CN1CCc2nc(-c3ccc(C(=O)O)cc3)ccc21. The van der Waals surface area contributed by atoms with Crippen molar-refractivity contribution in [3.63, 3.8) is 0 Å². The van der Waals surface area contributed by atoms with Crippen molar-refractivity contribution in [3.05, 3.63) is 47.7 Å². The van der Waals surface area contributed by atoms with E-state index in [2.05, 4.69) is 16.9 Å². The Morgan fingerprint density at radius 3 is 2.67 bits per heavy atom. The van der Waals surface area contributed by atoms with Crippen molar-refractivity contribution in [1.82, 2.24) is 4.98 Å². The maximum Gasteiger partial charge on any atom is 0.335 e. The summed E-state index contributed by atoms with van der Waals surface area (Å²) in [6.07, 6.45) is 0.880. The number of fused-ring (bicyclic) bond motifs is 1. The number of aromatic nitrogens is 1. The van der Waals surface area contributed by atoms with Gasteiger partial charge in [-0.25, -0.2) is 4.79 Å². The van der Waals surface area contributed by atoms with Crippen molar-refractivity contribution < 1.29 is 9.90 Å². The van der Waals surface area contributed by atoms with Gasteiger partial charge in [0.25, 0.3) is 0 Å². The fraction of sp³-hybridized carbons (Fsp3) is 0.176. The van der Waals surface area contributed by atoms with Crippen LogP contribution in [0.3, 0.4) is 0 Å². The highest BCUT2D eigenvalue weighted by Gasteiger charge is 2.19. The maximum absolute atomic E-state index is 10.9. The third-order valence-corrected chi connectivity index (χ3v) is 3.49. The molecule has 0 radical (unpaired) electrons. The average molecular weight is 278 g/mol. The molecule has 1 aromatic heterocycles. The Morgan fingerprint density at radius 1 is 1.24 bits per heavy atom. The quantitative estimate of drug-likeness (QED) is 0.858. The lowest BCUT2D eigenvalue weighted by molar-refractivity contribution is 0.0697. The standard InChI is InChI=1S/C17H14N2O2/c1-2-10-19-11-9-15-16(19)8-7-14(18-15)12-3-5-13(6-4-12)17(20)21/h3-8H,9,11H2,1H3,(H,20,21). The highest BCUT2D eigenvalue weighted by atomic mass is 16.4. The Kier molecular flexibility index (Phi) is 3.33. The van der Waals surface area contributed by atoms with E-state index in [0.29, 0.717) is 0 Å². The largest absolute Gasteiger partial charge is 0.478 e. The van der Waals surface area contributed by atoms with Crippen LogP contribution in [-0.4, -0.2) is 22.6 Å². The lowest BCUT2D eigenvalue weighted by Crippen LogP contribution is -2.12. The average Bonchev–Trinajstić information content (AvgIpc) is 2.90. The van der Waals surface area contributed by atoms with Gasteiger partial charge in [-0.3, -0.25) is 9.88 Å². The minimum absolute atomic E-state index is 0.282. The number of hydrogen-bond acceptors (Lipinski definition) is 3. The molecule has 0 saturated carbocycles. The number of hydrogen-bond donors (Lipinski definition) is 1. The number of nitrogens with zero attached hydrogens (tertiary/aromatic N) is 2. The predicted octanol–water partition coefficient (Wildman–Crippen LogP) is 2.79. The Bertz CT molecular complexity index is 755. The molecular formula is C17H14N2O2. The van der Waals surface area contributed by atoms with Crippen molar-refractivity contribution in [3.8, 4) is 23.2 Å². The summed E-state index contributed by atoms with van der Waals surface area (Å²) in [6.45, 7) is 2.69. The molecule has 0 fully saturated rings. The van der Waals surface area contributed by atoms with Gasteiger partial charge in [-0.2, -0.15) is 0 Å². The van der Waals surface area contributed by atoms with Crippen LogP contribution in [-0.2, 0) is 6.42 Å². The molecule has 2 aromatic rings. The van der Waals surface area contributed by atoms with Crippen molar-refractivity contribution in [2.45, 2.75) is 13.3 Å². The maximum atomic E-state index is 10.9. The van der Waals surface area contributed by atoms with Crippen LogP contribution in [0, 0.1) is 12.0 Å². The number of aromatic carboxylic acids is 1. The smallest absolute Gasteiger partial charge is 0.335 e. The van der Waals surface area contributed by atoms with E-state index < -0.39 is 5.97 Å². The molecule has 4 nitrogen and oxygen atoms in total. The van der Waals surface area contributed by atoms with Gasteiger partial charge in [0.1, 0.15) is 0 Å². The Morgan fingerprint density at radius 2 is 2.00 bits per heavy atom. The van der Waals surface area contributed by atoms with E-state index in [9.17, 15) is 4.79 Å². The van der Waals surface area contributed by atoms with E-state index in [-0.39, 0.29) is 5.56 Å². The molecule has 21 heavy (non-hydrogen) atoms. The van der Waals surface area contributed by atoms with Crippen LogP contribution in [0.4, 0.5) is 5.69 Å². The molecule has 1 N–H and O–H groups in total. The van der Waals surface area contributed by atoms with Gasteiger partial charge in [0.15, 0.2) is 0 Å². The number of carboxylic acid groups (broad SMARTS) is 1. The van der Waals surface area contributed by atoms with E-state index in [4.69, 9.17) is 5.11 Å². The van der Waals surface area contributed by atoms with E-state index in [1.165, 1.54) is 0 Å². The summed E-state index contributed by atoms with van der Waals surface area (Å²) in [4.78, 5) is 17.6. The molecule has 1 aromatic carbocycles. The third kappa shape index (κ3) is 2.46. The first-order valence-electron chi connectivity index (χ1n) is 6.72.